The lowest BCUT2D eigenvalue weighted by molar-refractivity contribution is 0.101. The molecule has 0 aromatic heterocycles. The summed E-state index contributed by atoms with van der Waals surface area (Å²) in [7, 11) is 0. The molecule has 2 rings (SSSR count). The minimum absolute atomic E-state index is 0.0218. The van der Waals surface area contributed by atoms with Crippen molar-refractivity contribution in [3.8, 4) is 5.75 Å². The number of hydrogen-bond donors (Lipinski definition) is 0. The monoisotopic (exact) mass is 286 g/mol. The molecule has 0 N–H and O–H groups in total. The summed E-state index contributed by atoms with van der Waals surface area (Å²) in [6.07, 6.45) is 0. The molecule has 0 atom stereocenters. The first kappa shape index (κ1) is 15.2. The van der Waals surface area contributed by atoms with Gasteiger partial charge in [-0.2, -0.15) is 0 Å². The summed E-state index contributed by atoms with van der Waals surface area (Å²) in [5.41, 5.74) is 3.63. The lowest BCUT2D eigenvalue weighted by Gasteiger charge is -2.14. The molecule has 21 heavy (non-hydrogen) atoms. The fourth-order valence-electron chi connectivity index (χ4n) is 2.33. The van der Waals surface area contributed by atoms with Crippen LogP contribution in [-0.2, 0) is 6.61 Å². The van der Waals surface area contributed by atoms with Crippen molar-refractivity contribution in [1.29, 1.82) is 0 Å². The highest BCUT2D eigenvalue weighted by Crippen LogP contribution is 2.28. The van der Waals surface area contributed by atoms with Gasteiger partial charge in [-0.1, -0.05) is 30.3 Å². The van der Waals surface area contributed by atoms with E-state index < -0.39 is 0 Å². The second kappa shape index (κ2) is 6.08. The van der Waals surface area contributed by atoms with Crippen LogP contribution in [0.15, 0.2) is 30.3 Å². The van der Waals surface area contributed by atoms with Crippen molar-refractivity contribution in [2.24, 2.45) is 0 Å². The summed E-state index contributed by atoms with van der Waals surface area (Å²) in [5.74, 6) is -0.0873. The van der Waals surface area contributed by atoms with Crippen molar-refractivity contribution in [3.05, 3.63) is 64.0 Å². The molecule has 0 spiro atoms. The van der Waals surface area contributed by atoms with Crippen LogP contribution in [0, 0.1) is 26.6 Å². The van der Waals surface area contributed by atoms with E-state index in [2.05, 4.69) is 0 Å². The van der Waals surface area contributed by atoms with Gasteiger partial charge in [-0.15, -0.1) is 0 Å². The van der Waals surface area contributed by atoms with Crippen molar-refractivity contribution in [1.82, 2.24) is 0 Å². The molecule has 110 valence electrons. The Kier molecular flexibility index (Phi) is 4.41. The predicted octanol–water partition coefficient (Wildman–Crippen LogP) is 4.53. The average molecular weight is 286 g/mol. The predicted molar refractivity (Wildman–Crippen MR) is 81.4 cm³/mol. The Hall–Kier alpha value is -2.16. The van der Waals surface area contributed by atoms with E-state index in [1.54, 1.807) is 13.0 Å². The number of carbonyl (C=O) groups excluding carboxylic acids is 1. The van der Waals surface area contributed by atoms with Gasteiger partial charge in [-0.25, -0.2) is 4.39 Å². The average Bonchev–Trinajstić information content (AvgIpc) is 2.45. The molecule has 0 fully saturated rings. The number of halogens is 1. The van der Waals surface area contributed by atoms with E-state index in [1.165, 1.54) is 6.92 Å². The molecule has 0 saturated carbocycles. The van der Waals surface area contributed by atoms with Crippen molar-refractivity contribution in [2.75, 3.05) is 0 Å². The molecule has 3 heteroatoms. The number of ether oxygens (including phenoxy) is 1. The molecular formula is C18H19FO2. The number of carbonyl (C=O) groups is 1. The Morgan fingerprint density at radius 1 is 1.14 bits per heavy atom. The third kappa shape index (κ3) is 3.13. The number of ketones is 1. The van der Waals surface area contributed by atoms with Crippen molar-refractivity contribution in [2.45, 2.75) is 34.3 Å². The van der Waals surface area contributed by atoms with Gasteiger partial charge in [-0.05, 0) is 44.4 Å². The first-order valence-corrected chi connectivity index (χ1v) is 6.89. The quantitative estimate of drug-likeness (QED) is 0.772. The lowest BCUT2D eigenvalue weighted by Crippen LogP contribution is -2.06. The summed E-state index contributed by atoms with van der Waals surface area (Å²) in [4.78, 5) is 11.6. The van der Waals surface area contributed by atoms with Crippen LogP contribution in [0.2, 0.25) is 0 Å². The van der Waals surface area contributed by atoms with Gasteiger partial charge >= 0.3 is 0 Å². The largest absolute Gasteiger partial charge is 0.486 e. The molecule has 2 aromatic rings. The van der Waals surface area contributed by atoms with Gasteiger partial charge in [-0.3, -0.25) is 4.79 Å². The number of hydrogen-bond acceptors (Lipinski definition) is 2. The first-order chi connectivity index (χ1) is 9.91. The van der Waals surface area contributed by atoms with Gasteiger partial charge in [0, 0.05) is 11.1 Å². The van der Waals surface area contributed by atoms with Gasteiger partial charge in [0.25, 0.3) is 0 Å². The van der Waals surface area contributed by atoms with E-state index in [0.717, 1.165) is 16.7 Å². The van der Waals surface area contributed by atoms with Gasteiger partial charge in [0.2, 0.25) is 0 Å². The minimum atomic E-state index is -0.326. The molecule has 2 nitrogen and oxygen atoms in total. The highest BCUT2D eigenvalue weighted by molar-refractivity contribution is 5.95. The Morgan fingerprint density at radius 3 is 2.48 bits per heavy atom. The second-order valence-electron chi connectivity index (χ2n) is 5.28. The summed E-state index contributed by atoms with van der Waals surface area (Å²) in [6.45, 7) is 7.12. The van der Waals surface area contributed by atoms with Crippen molar-refractivity contribution >= 4 is 5.78 Å². The maximum Gasteiger partial charge on any atom is 0.168 e. The SMILES string of the molecule is CC(=O)c1ccccc1COc1c(C)cc(C)c(C)c1F. The number of rotatable bonds is 4. The van der Waals surface area contributed by atoms with Crippen LogP contribution >= 0.6 is 0 Å². The maximum atomic E-state index is 14.3. The Bertz CT molecular complexity index is 690. The van der Waals surface area contributed by atoms with Gasteiger partial charge < -0.3 is 4.74 Å². The van der Waals surface area contributed by atoms with E-state index in [1.807, 2.05) is 38.1 Å². The Labute approximate surface area is 124 Å². The molecule has 0 aliphatic heterocycles. The lowest BCUT2D eigenvalue weighted by atomic mass is 10.0. The molecule has 0 amide bonds. The molecule has 0 aliphatic rings. The van der Waals surface area contributed by atoms with Crippen molar-refractivity contribution in [3.63, 3.8) is 0 Å². The zero-order chi connectivity index (χ0) is 15.6. The second-order valence-corrected chi connectivity index (χ2v) is 5.28. The molecule has 0 saturated heterocycles. The summed E-state index contributed by atoms with van der Waals surface area (Å²) in [6, 6.07) is 9.14. The standard InChI is InChI=1S/C18H19FO2/c1-11-9-12(2)18(17(19)13(11)3)21-10-15-7-5-6-8-16(15)14(4)20/h5-9H,10H2,1-4H3. The maximum absolute atomic E-state index is 14.3. The number of aryl methyl sites for hydroxylation is 2. The first-order valence-electron chi connectivity index (χ1n) is 6.89. The summed E-state index contributed by atoms with van der Waals surface area (Å²) >= 11 is 0. The molecule has 0 unspecified atom stereocenters. The zero-order valence-electron chi connectivity index (χ0n) is 12.8. The van der Waals surface area contributed by atoms with Gasteiger partial charge in [0.15, 0.2) is 17.3 Å². The topological polar surface area (TPSA) is 26.3 Å². The minimum Gasteiger partial charge on any atom is -0.486 e. The van der Waals surface area contributed by atoms with Crippen LogP contribution in [0.25, 0.3) is 0 Å². The van der Waals surface area contributed by atoms with Crippen LogP contribution in [0.4, 0.5) is 4.39 Å². The van der Waals surface area contributed by atoms with E-state index >= 15 is 0 Å². The highest BCUT2D eigenvalue weighted by atomic mass is 19.1. The molecular weight excluding hydrogens is 267 g/mol. The van der Waals surface area contributed by atoms with Gasteiger partial charge in [0.05, 0.1) is 0 Å². The Morgan fingerprint density at radius 2 is 1.81 bits per heavy atom. The third-order valence-corrected chi connectivity index (χ3v) is 3.68. The van der Waals surface area contributed by atoms with Crippen molar-refractivity contribution < 1.29 is 13.9 Å². The molecule has 0 bridgehead atoms. The third-order valence-electron chi connectivity index (χ3n) is 3.68. The summed E-state index contributed by atoms with van der Waals surface area (Å²) in [5, 5.41) is 0. The van der Waals surface area contributed by atoms with Crippen LogP contribution in [0.3, 0.4) is 0 Å². The van der Waals surface area contributed by atoms with E-state index in [9.17, 15) is 9.18 Å². The van der Waals surface area contributed by atoms with E-state index in [4.69, 9.17) is 4.74 Å². The highest BCUT2D eigenvalue weighted by Gasteiger charge is 2.14. The smallest absolute Gasteiger partial charge is 0.168 e. The normalized spacial score (nSPS) is 10.5. The van der Waals surface area contributed by atoms with Crippen LogP contribution in [-0.4, -0.2) is 5.78 Å². The van der Waals surface area contributed by atoms with Crippen LogP contribution < -0.4 is 4.74 Å². The Balaban J connectivity index is 2.30. The number of Topliss-reactive ketones (excluding diaryl/α,β-unsaturated/α-hetero) is 1. The molecule has 0 aliphatic carbocycles. The van der Waals surface area contributed by atoms with E-state index in [0.29, 0.717) is 11.1 Å². The molecule has 0 heterocycles. The van der Waals surface area contributed by atoms with Crippen LogP contribution in [0.1, 0.15) is 39.5 Å². The van der Waals surface area contributed by atoms with E-state index in [-0.39, 0.29) is 24.0 Å². The number of benzene rings is 2. The fourth-order valence-corrected chi connectivity index (χ4v) is 2.33. The molecule has 2 aromatic carbocycles. The summed E-state index contributed by atoms with van der Waals surface area (Å²) < 4.78 is 19.9. The zero-order valence-corrected chi connectivity index (χ0v) is 12.8. The fraction of sp³-hybridized carbons (Fsp3) is 0.278. The van der Waals surface area contributed by atoms with Crippen LogP contribution in [0.5, 0.6) is 5.75 Å². The van der Waals surface area contributed by atoms with Gasteiger partial charge in [0.1, 0.15) is 6.61 Å². The molecule has 0 radical (unpaired) electrons.